The number of nitrogens with one attached hydrogen (secondary N) is 4. The normalized spacial score (nSPS) is 19.0. The molecule has 342 valence electrons. The Balaban J connectivity index is 0.761. The minimum Gasteiger partial charge on any atom is -0.491 e. The van der Waals surface area contributed by atoms with Crippen LogP contribution in [0.15, 0.2) is 47.1 Å². The van der Waals surface area contributed by atoms with E-state index in [2.05, 4.69) is 57.0 Å². The zero-order valence-electron chi connectivity index (χ0n) is 35.4. The molecule has 1 atom stereocenters. The maximum Gasteiger partial charge on any atom is 0.266 e. The van der Waals surface area contributed by atoms with Gasteiger partial charge in [0.05, 0.1) is 32.6 Å². The van der Waals surface area contributed by atoms with E-state index in [1.807, 2.05) is 6.07 Å². The van der Waals surface area contributed by atoms with Crippen molar-refractivity contribution >= 4 is 78.8 Å². The number of benzene rings is 2. The predicted molar refractivity (Wildman–Crippen MR) is 238 cm³/mol. The van der Waals surface area contributed by atoms with Crippen molar-refractivity contribution in [3.63, 3.8) is 0 Å². The summed E-state index contributed by atoms with van der Waals surface area (Å²) >= 11 is 3.45. The van der Waals surface area contributed by atoms with Crippen molar-refractivity contribution in [2.75, 3.05) is 81.9 Å². The van der Waals surface area contributed by atoms with Crippen LogP contribution in [0.25, 0.3) is 0 Å². The summed E-state index contributed by atoms with van der Waals surface area (Å²) in [6, 6.07) is 9.02. The Kier molecular flexibility index (Phi) is 14.9. The van der Waals surface area contributed by atoms with E-state index in [9.17, 15) is 37.2 Å². The number of nitrogens with two attached hydrogens (primary N) is 1. The van der Waals surface area contributed by atoms with Gasteiger partial charge in [-0.15, -0.1) is 0 Å². The highest BCUT2D eigenvalue weighted by Crippen LogP contribution is 2.34. The van der Waals surface area contributed by atoms with Crippen LogP contribution in [0.1, 0.15) is 75.2 Å². The Morgan fingerprint density at radius 2 is 1.67 bits per heavy atom. The third-order valence-electron chi connectivity index (χ3n) is 11.8. The Hall–Kier alpha value is -5.55. The van der Waals surface area contributed by atoms with Crippen LogP contribution >= 0.6 is 15.9 Å². The number of piperidine rings is 2. The number of rotatable bonds is 18. The first-order chi connectivity index (χ1) is 30.7. The molecule has 64 heavy (non-hydrogen) atoms. The zero-order valence-corrected chi connectivity index (χ0v) is 37.8. The topological polar surface area (TPSA) is 259 Å². The first-order valence-electron chi connectivity index (χ1n) is 21.3. The summed E-state index contributed by atoms with van der Waals surface area (Å²) in [4.78, 5) is 89.5. The van der Waals surface area contributed by atoms with Crippen molar-refractivity contribution in [2.24, 2.45) is 5.73 Å². The average Bonchev–Trinajstić information content (AvgIpc) is 3.51. The van der Waals surface area contributed by atoms with Crippen LogP contribution in [0.3, 0.4) is 0 Å². The lowest BCUT2D eigenvalue weighted by Gasteiger charge is -2.34. The molecule has 7 rings (SSSR count). The maximum atomic E-state index is 13.3. The molecule has 0 bridgehead atoms. The second kappa shape index (κ2) is 20.5. The molecule has 5 heterocycles. The molecule has 0 radical (unpaired) electrons. The smallest absolute Gasteiger partial charge is 0.266 e. The molecule has 4 aliphatic rings. The average molecular weight is 967 g/mol. The molecular formula is C42H52BrN11O9S. The number of primary amides is 1. The fourth-order valence-electron chi connectivity index (χ4n) is 8.34. The molecule has 1 aromatic heterocycles. The largest absolute Gasteiger partial charge is 0.491 e. The summed E-state index contributed by atoms with van der Waals surface area (Å²) in [6.45, 7) is 7.18. The number of nitrogens with zero attached hydrogens (tertiary/aromatic N) is 6. The van der Waals surface area contributed by atoms with E-state index >= 15 is 0 Å². The lowest BCUT2D eigenvalue weighted by Crippen LogP contribution is -2.54. The van der Waals surface area contributed by atoms with Crippen molar-refractivity contribution in [1.29, 1.82) is 0 Å². The monoisotopic (exact) mass is 965 g/mol. The molecule has 2 aromatic carbocycles. The van der Waals surface area contributed by atoms with E-state index in [1.165, 1.54) is 10.4 Å². The van der Waals surface area contributed by atoms with Crippen molar-refractivity contribution in [2.45, 2.75) is 57.5 Å². The van der Waals surface area contributed by atoms with E-state index in [1.54, 1.807) is 37.4 Å². The number of piperazine rings is 1. The van der Waals surface area contributed by atoms with Gasteiger partial charge in [0.1, 0.15) is 24.2 Å². The van der Waals surface area contributed by atoms with Crippen molar-refractivity contribution in [3.05, 3.63) is 69.3 Å². The highest BCUT2D eigenvalue weighted by atomic mass is 79.9. The number of carbonyl (C=O) groups is 6. The number of anilines is 3. The van der Waals surface area contributed by atoms with E-state index in [0.717, 1.165) is 43.2 Å². The summed E-state index contributed by atoms with van der Waals surface area (Å²) in [7, 11) is -3.59. The number of amides is 6. The van der Waals surface area contributed by atoms with Gasteiger partial charge in [0.25, 0.3) is 17.7 Å². The number of carbonyl (C=O) groups excluding carboxylic acids is 6. The predicted octanol–water partition coefficient (Wildman–Crippen LogP) is 1.59. The Bertz CT molecular complexity index is 2410. The van der Waals surface area contributed by atoms with Crippen LogP contribution in [0.2, 0.25) is 0 Å². The fourth-order valence-corrected chi connectivity index (χ4v) is 10.0. The molecule has 3 aromatic rings. The van der Waals surface area contributed by atoms with Crippen molar-refractivity contribution in [1.82, 2.24) is 39.6 Å². The van der Waals surface area contributed by atoms with Crippen LogP contribution in [0.5, 0.6) is 5.75 Å². The molecule has 6 amide bonds. The van der Waals surface area contributed by atoms with Gasteiger partial charge in [0, 0.05) is 77.4 Å². The van der Waals surface area contributed by atoms with Gasteiger partial charge in [-0.2, -0.15) is 4.98 Å². The van der Waals surface area contributed by atoms with Gasteiger partial charge >= 0.3 is 0 Å². The van der Waals surface area contributed by atoms with Gasteiger partial charge in [-0.25, -0.2) is 17.7 Å². The Morgan fingerprint density at radius 3 is 2.39 bits per heavy atom. The number of ether oxygens (including phenoxy) is 1. The van der Waals surface area contributed by atoms with Gasteiger partial charge in [-0.05, 0) is 78.8 Å². The van der Waals surface area contributed by atoms with Crippen molar-refractivity contribution < 1.29 is 41.9 Å². The fraction of sp³-hybridized carbons (Fsp3) is 0.476. The number of hydrogen-bond acceptors (Lipinski definition) is 15. The van der Waals surface area contributed by atoms with E-state index < -0.39 is 45.6 Å². The number of aryl methyl sites for hydroxylation is 1. The standard InChI is InChI=1S/C42H52BrN11O9S/c1-26-5-2-7-30(35(26)37(44)57)48-38-29(43)25-46-42(50-38)47-27-12-16-53(17-13-27)64(61,62)24-14-45-33(55)9-4-15-51-18-20-52(21-19-51)22-23-63-32-8-3-6-28-36(32)41(60)54(40(28)59)31-10-11-34(56)49-39(31)58/h2-3,5-8,25,27,31H,4,9-24H2,1H3,(H2,44,57)(H,45,55)(H,49,56,58)(H2,46,47,48,50). The second-order valence-electron chi connectivity index (χ2n) is 16.1. The molecule has 1 unspecified atom stereocenters. The van der Waals surface area contributed by atoms with Crippen LogP contribution in [-0.2, 0) is 24.4 Å². The third-order valence-corrected chi connectivity index (χ3v) is 14.3. The van der Waals surface area contributed by atoms with Crippen molar-refractivity contribution in [3.8, 4) is 5.75 Å². The highest BCUT2D eigenvalue weighted by Gasteiger charge is 2.46. The van der Waals surface area contributed by atoms with Gasteiger partial charge in [-0.1, -0.05) is 18.2 Å². The second-order valence-corrected chi connectivity index (χ2v) is 19.1. The molecule has 22 heteroatoms. The molecule has 3 fully saturated rings. The number of imide groups is 2. The Morgan fingerprint density at radius 1 is 0.953 bits per heavy atom. The van der Waals surface area contributed by atoms with Gasteiger partial charge in [0.2, 0.25) is 33.7 Å². The third kappa shape index (κ3) is 11.0. The van der Waals surface area contributed by atoms with Crippen LogP contribution < -0.4 is 31.7 Å². The summed E-state index contributed by atoms with van der Waals surface area (Å²) in [6.07, 6.45) is 3.69. The summed E-state index contributed by atoms with van der Waals surface area (Å²) in [5.41, 5.74) is 7.51. The summed E-state index contributed by atoms with van der Waals surface area (Å²) in [5.74, 6) is -2.18. The molecule has 6 N–H and O–H groups in total. The molecule has 0 saturated carbocycles. The quantitative estimate of drug-likeness (QED) is 0.114. The first kappa shape index (κ1) is 46.4. The number of sulfonamides is 1. The lowest BCUT2D eigenvalue weighted by atomic mass is 10.0. The van der Waals surface area contributed by atoms with Crippen LogP contribution in [0.4, 0.5) is 17.5 Å². The molecule has 20 nitrogen and oxygen atoms in total. The van der Waals surface area contributed by atoms with Gasteiger partial charge in [-0.3, -0.25) is 43.9 Å². The minimum atomic E-state index is -3.59. The van der Waals surface area contributed by atoms with Crippen LogP contribution in [0, 0.1) is 6.92 Å². The maximum absolute atomic E-state index is 13.3. The SMILES string of the molecule is Cc1cccc(Nc2nc(NC3CCN(S(=O)(=O)CCNC(=O)CCCN4CCN(CCOc5cccc6c5C(=O)N(C5CCC(=O)NC5=O)C6=O)CC4)CC3)ncc2Br)c1C(N)=O. The number of fused-ring (bicyclic) bond motifs is 1. The molecule has 3 saturated heterocycles. The number of halogens is 1. The molecule has 0 spiro atoms. The zero-order chi connectivity index (χ0) is 45.5. The van der Waals surface area contributed by atoms with Crippen LogP contribution in [-0.4, -0.2) is 156 Å². The lowest BCUT2D eigenvalue weighted by molar-refractivity contribution is -0.136. The van der Waals surface area contributed by atoms with Gasteiger partial charge < -0.3 is 31.3 Å². The minimum absolute atomic E-state index is 0.0232. The Labute approximate surface area is 379 Å². The van der Waals surface area contributed by atoms with E-state index in [4.69, 9.17) is 10.5 Å². The molecular weight excluding hydrogens is 915 g/mol. The van der Waals surface area contributed by atoms with Gasteiger partial charge in [0.15, 0.2) is 0 Å². The number of hydrogen-bond donors (Lipinski definition) is 5. The first-order valence-corrected chi connectivity index (χ1v) is 23.7. The highest BCUT2D eigenvalue weighted by molar-refractivity contribution is 9.10. The summed E-state index contributed by atoms with van der Waals surface area (Å²) in [5, 5.41) is 11.4. The van der Waals surface area contributed by atoms with E-state index in [0.29, 0.717) is 66.4 Å². The van der Waals surface area contributed by atoms with E-state index in [-0.39, 0.29) is 67.0 Å². The molecule has 0 aliphatic carbocycles. The summed E-state index contributed by atoms with van der Waals surface area (Å²) < 4.78 is 34.3. The number of aromatic nitrogens is 2. The molecule has 4 aliphatic heterocycles.